The molecule has 0 unspecified atom stereocenters. The van der Waals surface area contributed by atoms with E-state index in [-0.39, 0.29) is 0 Å². The molecule has 1 rings (SSSR count). The number of rotatable bonds is 0. The van der Waals surface area contributed by atoms with Crippen LogP contribution < -0.4 is 0 Å². The number of hydrogen-bond donors (Lipinski definition) is 0. The molecule has 1 aliphatic carbocycles. The van der Waals surface area contributed by atoms with Gasteiger partial charge in [0.15, 0.2) is 5.78 Å². The van der Waals surface area contributed by atoms with Crippen molar-refractivity contribution >= 4 is 5.78 Å². The first-order valence-corrected chi connectivity index (χ1v) is 6.53. The van der Waals surface area contributed by atoms with Crippen LogP contribution in [0.3, 0.4) is 0 Å². The van der Waals surface area contributed by atoms with E-state index < -0.39 is 0 Å². The third-order valence-corrected chi connectivity index (χ3v) is 3.31. The van der Waals surface area contributed by atoms with Crippen LogP contribution in [0, 0.1) is 0 Å². The molecule has 1 aliphatic rings. The van der Waals surface area contributed by atoms with Gasteiger partial charge in [-0.25, -0.2) is 0 Å². The average molecular weight is 208 g/mol. The van der Waals surface area contributed by atoms with Crippen LogP contribution in [0.2, 0.25) is 0 Å². The van der Waals surface area contributed by atoms with Crippen molar-refractivity contribution in [2.24, 2.45) is 0 Å². The van der Waals surface area contributed by atoms with E-state index in [4.69, 9.17) is 0 Å². The molecule has 1 heteroatoms. The van der Waals surface area contributed by atoms with Crippen molar-refractivity contribution in [1.82, 2.24) is 0 Å². The maximum atomic E-state index is 11.8. The number of carbonyl (C=O) groups excluding carboxylic acids is 1. The van der Waals surface area contributed by atoms with Gasteiger partial charge < -0.3 is 0 Å². The summed E-state index contributed by atoms with van der Waals surface area (Å²) in [5, 5.41) is 0. The Morgan fingerprint density at radius 1 is 0.800 bits per heavy atom. The van der Waals surface area contributed by atoms with Gasteiger partial charge in [0, 0.05) is 6.42 Å². The zero-order valence-corrected chi connectivity index (χ0v) is 10.1. The van der Waals surface area contributed by atoms with E-state index in [0.717, 1.165) is 24.8 Å². The van der Waals surface area contributed by atoms with E-state index >= 15 is 0 Å². The standard InChI is InChI=1S/C14H24O/c1-2-13-11-9-7-5-3-4-6-8-10-12-14(13)15/h2H,3-12H2,1H3. The Morgan fingerprint density at radius 2 is 1.27 bits per heavy atom. The second-order valence-electron chi connectivity index (χ2n) is 4.57. The van der Waals surface area contributed by atoms with E-state index in [2.05, 4.69) is 0 Å². The topological polar surface area (TPSA) is 17.1 Å². The molecule has 1 saturated carbocycles. The summed E-state index contributed by atoms with van der Waals surface area (Å²) in [5.74, 6) is 0.401. The monoisotopic (exact) mass is 208 g/mol. The van der Waals surface area contributed by atoms with Gasteiger partial charge in [-0.1, -0.05) is 44.6 Å². The fourth-order valence-electron chi connectivity index (χ4n) is 2.27. The summed E-state index contributed by atoms with van der Waals surface area (Å²) in [5.41, 5.74) is 1.08. The van der Waals surface area contributed by atoms with Gasteiger partial charge in [-0.05, 0) is 31.8 Å². The van der Waals surface area contributed by atoms with Crippen molar-refractivity contribution in [3.8, 4) is 0 Å². The van der Waals surface area contributed by atoms with Crippen LogP contribution in [0.25, 0.3) is 0 Å². The van der Waals surface area contributed by atoms with Gasteiger partial charge in [-0.15, -0.1) is 0 Å². The lowest BCUT2D eigenvalue weighted by Gasteiger charge is -2.08. The quantitative estimate of drug-likeness (QED) is 0.539. The van der Waals surface area contributed by atoms with Gasteiger partial charge in [0.25, 0.3) is 0 Å². The highest BCUT2D eigenvalue weighted by molar-refractivity contribution is 5.95. The highest BCUT2D eigenvalue weighted by Crippen LogP contribution is 2.17. The minimum Gasteiger partial charge on any atom is -0.295 e. The van der Waals surface area contributed by atoms with Crippen molar-refractivity contribution < 1.29 is 4.79 Å². The largest absolute Gasteiger partial charge is 0.295 e. The zero-order valence-electron chi connectivity index (χ0n) is 10.1. The van der Waals surface area contributed by atoms with E-state index in [1.165, 1.54) is 44.9 Å². The molecule has 1 fully saturated rings. The summed E-state index contributed by atoms with van der Waals surface area (Å²) in [6, 6.07) is 0. The maximum absolute atomic E-state index is 11.8. The van der Waals surface area contributed by atoms with Crippen LogP contribution in [0.4, 0.5) is 0 Å². The zero-order chi connectivity index (χ0) is 10.9. The Hall–Kier alpha value is -0.590. The summed E-state index contributed by atoms with van der Waals surface area (Å²) >= 11 is 0. The highest BCUT2D eigenvalue weighted by Gasteiger charge is 2.08. The van der Waals surface area contributed by atoms with Crippen LogP contribution >= 0.6 is 0 Å². The molecule has 0 saturated heterocycles. The molecule has 0 spiro atoms. The lowest BCUT2D eigenvalue weighted by Crippen LogP contribution is -2.03. The first kappa shape index (κ1) is 12.5. The van der Waals surface area contributed by atoms with Crippen molar-refractivity contribution in [3.05, 3.63) is 11.6 Å². The number of allylic oxidation sites excluding steroid dienone is 2. The molecular weight excluding hydrogens is 184 g/mol. The summed E-state index contributed by atoms with van der Waals surface area (Å²) in [4.78, 5) is 11.8. The minimum atomic E-state index is 0.401. The van der Waals surface area contributed by atoms with Crippen LogP contribution in [0.5, 0.6) is 0 Å². The van der Waals surface area contributed by atoms with Crippen LogP contribution in [0.15, 0.2) is 11.6 Å². The van der Waals surface area contributed by atoms with Crippen molar-refractivity contribution in [2.75, 3.05) is 0 Å². The van der Waals surface area contributed by atoms with Gasteiger partial charge in [-0.2, -0.15) is 0 Å². The fourth-order valence-corrected chi connectivity index (χ4v) is 2.27. The third-order valence-electron chi connectivity index (χ3n) is 3.31. The van der Waals surface area contributed by atoms with Crippen molar-refractivity contribution in [1.29, 1.82) is 0 Å². The SMILES string of the molecule is CC=C1CCCCCCCCCCC1=O. The van der Waals surface area contributed by atoms with E-state index in [1.807, 2.05) is 13.0 Å². The molecule has 0 aromatic heterocycles. The van der Waals surface area contributed by atoms with Gasteiger partial charge in [0.05, 0.1) is 0 Å². The third kappa shape index (κ3) is 5.15. The van der Waals surface area contributed by atoms with Crippen LogP contribution in [-0.2, 0) is 4.79 Å². The van der Waals surface area contributed by atoms with E-state index in [0.29, 0.717) is 5.78 Å². The fraction of sp³-hybridized carbons (Fsp3) is 0.786. The molecule has 0 amide bonds. The first-order valence-electron chi connectivity index (χ1n) is 6.53. The van der Waals surface area contributed by atoms with Crippen LogP contribution in [-0.4, -0.2) is 5.78 Å². The molecule has 0 aliphatic heterocycles. The number of ketones is 1. The number of carbonyl (C=O) groups is 1. The lowest BCUT2D eigenvalue weighted by atomic mass is 9.96. The van der Waals surface area contributed by atoms with Gasteiger partial charge in [0.2, 0.25) is 0 Å². The second-order valence-corrected chi connectivity index (χ2v) is 4.57. The Morgan fingerprint density at radius 3 is 1.80 bits per heavy atom. The van der Waals surface area contributed by atoms with Gasteiger partial charge in [-0.3, -0.25) is 4.79 Å². The minimum absolute atomic E-state index is 0.401. The molecule has 0 N–H and O–H groups in total. The molecule has 86 valence electrons. The van der Waals surface area contributed by atoms with E-state index in [1.54, 1.807) is 0 Å². The second kappa shape index (κ2) is 7.67. The molecular formula is C14H24O. The molecule has 1 nitrogen and oxygen atoms in total. The summed E-state index contributed by atoms with van der Waals surface area (Å²) in [7, 11) is 0. The molecule has 0 radical (unpaired) electrons. The lowest BCUT2D eigenvalue weighted by molar-refractivity contribution is -0.115. The molecule has 0 atom stereocenters. The van der Waals surface area contributed by atoms with Crippen molar-refractivity contribution in [2.45, 2.75) is 71.1 Å². The Labute approximate surface area is 93.9 Å². The predicted octanol–water partition coefficient (Wildman–Crippen LogP) is 4.42. The predicted molar refractivity (Wildman–Crippen MR) is 64.9 cm³/mol. The molecule has 0 aromatic carbocycles. The Balaban J connectivity index is 2.41. The average Bonchev–Trinajstić information content (AvgIpc) is 2.23. The summed E-state index contributed by atoms with van der Waals surface area (Å²) < 4.78 is 0. The number of Topliss-reactive ketones (excluding diaryl/α,β-unsaturated/α-hetero) is 1. The van der Waals surface area contributed by atoms with E-state index in [9.17, 15) is 4.79 Å². The molecule has 0 aromatic rings. The van der Waals surface area contributed by atoms with Gasteiger partial charge in [0.1, 0.15) is 0 Å². The highest BCUT2D eigenvalue weighted by atomic mass is 16.1. The van der Waals surface area contributed by atoms with Crippen LogP contribution in [0.1, 0.15) is 71.1 Å². The molecule has 0 heterocycles. The van der Waals surface area contributed by atoms with Crippen molar-refractivity contribution in [3.63, 3.8) is 0 Å². The Bertz CT molecular complexity index is 215. The number of hydrogen-bond acceptors (Lipinski definition) is 1. The first-order chi connectivity index (χ1) is 7.34. The molecule has 0 bridgehead atoms. The maximum Gasteiger partial charge on any atom is 0.158 e. The van der Waals surface area contributed by atoms with Gasteiger partial charge >= 0.3 is 0 Å². The molecule has 15 heavy (non-hydrogen) atoms. The summed E-state index contributed by atoms with van der Waals surface area (Å²) in [6.45, 7) is 2.00. The summed E-state index contributed by atoms with van der Waals surface area (Å²) in [6.07, 6.45) is 14.1. The Kier molecular flexibility index (Phi) is 6.38. The normalized spacial score (nSPS) is 24.6. The smallest absolute Gasteiger partial charge is 0.158 e.